The highest BCUT2D eigenvalue weighted by atomic mass is 32.2. The van der Waals surface area contributed by atoms with E-state index in [1.165, 1.54) is 12.1 Å². The summed E-state index contributed by atoms with van der Waals surface area (Å²) in [6.07, 6.45) is 1.63. The molecule has 0 saturated heterocycles. The lowest BCUT2D eigenvalue weighted by atomic mass is 10.2. The minimum Gasteiger partial charge on any atom is -0.388 e. The van der Waals surface area contributed by atoms with Crippen LogP contribution in [0.1, 0.15) is 11.3 Å². The molecule has 0 saturated carbocycles. The van der Waals surface area contributed by atoms with E-state index in [4.69, 9.17) is 23.1 Å². The first-order valence-electron chi connectivity index (χ1n) is 5.98. The average molecular weight is 322 g/mol. The van der Waals surface area contributed by atoms with Crippen LogP contribution in [0.25, 0.3) is 0 Å². The summed E-state index contributed by atoms with van der Waals surface area (Å²) in [5.41, 5.74) is 7.76. The van der Waals surface area contributed by atoms with Crippen molar-refractivity contribution >= 4 is 32.9 Å². The Labute approximate surface area is 128 Å². The number of pyridine rings is 1. The van der Waals surface area contributed by atoms with Crippen LogP contribution in [0, 0.1) is 0 Å². The van der Waals surface area contributed by atoms with E-state index < -0.39 is 10.0 Å². The number of rotatable bonds is 5. The number of anilines is 1. The minimum absolute atomic E-state index is 0.0914. The summed E-state index contributed by atoms with van der Waals surface area (Å²) in [7, 11) is -3.65. The van der Waals surface area contributed by atoms with Gasteiger partial charge in [-0.3, -0.25) is 4.98 Å². The largest absolute Gasteiger partial charge is 0.388 e. The van der Waals surface area contributed by atoms with Crippen molar-refractivity contribution < 1.29 is 8.42 Å². The SMILES string of the molecule is NC(=S)c1ccc(NCc2ccc(S(N)(=O)=O)cc2)cn1. The number of benzene rings is 1. The lowest BCUT2D eigenvalue weighted by molar-refractivity contribution is 0.598. The van der Waals surface area contributed by atoms with Crippen molar-refractivity contribution in [3.63, 3.8) is 0 Å². The molecule has 0 fully saturated rings. The number of hydrogen-bond acceptors (Lipinski definition) is 5. The van der Waals surface area contributed by atoms with Crippen LogP contribution in [0.3, 0.4) is 0 Å². The number of primary sulfonamides is 1. The number of nitrogens with one attached hydrogen (secondary N) is 1. The van der Waals surface area contributed by atoms with E-state index in [0.29, 0.717) is 12.2 Å². The smallest absolute Gasteiger partial charge is 0.238 e. The molecule has 8 heteroatoms. The molecular formula is C13H14N4O2S2. The van der Waals surface area contributed by atoms with Gasteiger partial charge in [0.15, 0.2) is 0 Å². The second-order valence-corrected chi connectivity index (χ2v) is 6.34. The third kappa shape index (κ3) is 4.22. The first-order chi connectivity index (χ1) is 9.86. The summed E-state index contributed by atoms with van der Waals surface area (Å²) >= 11 is 4.82. The van der Waals surface area contributed by atoms with E-state index in [0.717, 1.165) is 11.3 Å². The lowest BCUT2D eigenvalue weighted by Crippen LogP contribution is -2.12. The third-order valence-electron chi connectivity index (χ3n) is 2.76. The van der Waals surface area contributed by atoms with Gasteiger partial charge in [-0.25, -0.2) is 13.6 Å². The maximum absolute atomic E-state index is 11.1. The minimum atomic E-state index is -3.65. The Morgan fingerprint density at radius 2 is 1.86 bits per heavy atom. The van der Waals surface area contributed by atoms with Crippen molar-refractivity contribution in [3.8, 4) is 0 Å². The predicted molar refractivity (Wildman–Crippen MR) is 85.3 cm³/mol. The molecule has 0 spiro atoms. The fourth-order valence-corrected chi connectivity index (χ4v) is 2.28. The molecule has 2 aromatic rings. The molecule has 0 aliphatic carbocycles. The maximum Gasteiger partial charge on any atom is 0.238 e. The van der Waals surface area contributed by atoms with Crippen molar-refractivity contribution in [2.24, 2.45) is 10.9 Å². The highest BCUT2D eigenvalue weighted by Gasteiger charge is 2.06. The summed E-state index contributed by atoms with van der Waals surface area (Å²) < 4.78 is 22.3. The topological polar surface area (TPSA) is 111 Å². The predicted octanol–water partition coefficient (Wildman–Crippen LogP) is 0.975. The van der Waals surface area contributed by atoms with Crippen molar-refractivity contribution in [2.45, 2.75) is 11.4 Å². The van der Waals surface area contributed by atoms with Gasteiger partial charge in [-0.05, 0) is 29.8 Å². The molecule has 0 amide bonds. The number of nitrogens with zero attached hydrogens (tertiary/aromatic N) is 1. The molecule has 1 heterocycles. The molecule has 5 N–H and O–H groups in total. The quantitative estimate of drug-likeness (QED) is 0.708. The monoisotopic (exact) mass is 322 g/mol. The first-order valence-corrected chi connectivity index (χ1v) is 7.93. The molecule has 0 atom stereocenters. The van der Waals surface area contributed by atoms with Gasteiger partial charge in [0.05, 0.1) is 22.5 Å². The van der Waals surface area contributed by atoms with Gasteiger partial charge in [-0.15, -0.1) is 0 Å². The van der Waals surface area contributed by atoms with Crippen LogP contribution in [0.5, 0.6) is 0 Å². The molecule has 1 aromatic heterocycles. The number of sulfonamides is 1. The Hall–Kier alpha value is -2.03. The molecule has 2 rings (SSSR count). The van der Waals surface area contributed by atoms with Crippen molar-refractivity contribution in [2.75, 3.05) is 5.32 Å². The number of aromatic nitrogens is 1. The maximum atomic E-state index is 11.1. The van der Waals surface area contributed by atoms with Gasteiger partial charge in [0.1, 0.15) is 4.99 Å². The van der Waals surface area contributed by atoms with E-state index in [9.17, 15) is 8.42 Å². The highest BCUT2D eigenvalue weighted by molar-refractivity contribution is 7.89. The van der Waals surface area contributed by atoms with Gasteiger partial charge < -0.3 is 11.1 Å². The summed E-state index contributed by atoms with van der Waals surface area (Å²) in [4.78, 5) is 4.45. The molecule has 0 aliphatic rings. The van der Waals surface area contributed by atoms with Crippen LogP contribution in [0.15, 0.2) is 47.5 Å². The Bertz CT molecular complexity index is 741. The zero-order chi connectivity index (χ0) is 15.5. The van der Waals surface area contributed by atoms with Gasteiger partial charge >= 0.3 is 0 Å². The van der Waals surface area contributed by atoms with E-state index >= 15 is 0 Å². The van der Waals surface area contributed by atoms with Gasteiger partial charge in [0, 0.05) is 6.54 Å². The molecule has 0 unspecified atom stereocenters. The van der Waals surface area contributed by atoms with Gasteiger partial charge in [0.2, 0.25) is 10.0 Å². The molecule has 0 aliphatic heterocycles. The van der Waals surface area contributed by atoms with Crippen LogP contribution in [0.2, 0.25) is 0 Å². The van der Waals surface area contributed by atoms with E-state index in [1.54, 1.807) is 24.4 Å². The van der Waals surface area contributed by atoms with Crippen LogP contribution in [0.4, 0.5) is 5.69 Å². The molecule has 21 heavy (non-hydrogen) atoms. The standard InChI is InChI=1S/C13H14N4O2S2/c14-13(20)12-6-3-10(8-17-12)16-7-9-1-4-11(5-2-9)21(15,18)19/h1-6,8,16H,7H2,(H2,14,20)(H2,15,18,19). The van der Waals surface area contributed by atoms with Crippen molar-refractivity contribution in [1.82, 2.24) is 4.98 Å². The van der Waals surface area contributed by atoms with E-state index in [-0.39, 0.29) is 9.88 Å². The Balaban J connectivity index is 2.01. The summed E-state index contributed by atoms with van der Waals surface area (Å²) in [6, 6.07) is 9.89. The molecule has 1 aromatic carbocycles. The van der Waals surface area contributed by atoms with Crippen molar-refractivity contribution in [3.05, 3.63) is 53.9 Å². The molecule has 6 nitrogen and oxygen atoms in total. The van der Waals surface area contributed by atoms with Crippen LogP contribution < -0.4 is 16.2 Å². The van der Waals surface area contributed by atoms with Gasteiger partial charge in [0.25, 0.3) is 0 Å². The Kier molecular flexibility index (Phi) is 4.51. The second-order valence-electron chi connectivity index (χ2n) is 4.34. The fraction of sp³-hybridized carbons (Fsp3) is 0.0769. The Morgan fingerprint density at radius 3 is 2.33 bits per heavy atom. The summed E-state index contributed by atoms with van der Waals surface area (Å²) in [6.45, 7) is 0.527. The third-order valence-corrected chi connectivity index (χ3v) is 3.90. The van der Waals surface area contributed by atoms with Crippen LogP contribution >= 0.6 is 12.2 Å². The van der Waals surface area contributed by atoms with E-state index in [1.807, 2.05) is 6.07 Å². The lowest BCUT2D eigenvalue weighted by Gasteiger charge is -2.07. The van der Waals surface area contributed by atoms with E-state index in [2.05, 4.69) is 10.3 Å². The summed E-state index contributed by atoms with van der Waals surface area (Å²) in [5, 5.41) is 8.20. The molecule has 110 valence electrons. The normalized spacial score (nSPS) is 11.1. The highest BCUT2D eigenvalue weighted by Crippen LogP contribution is 2.12. The van der Waals surface area contributed by atoms with Gasteiger partial charge in [-0.1, -0.05) is 24.4 Å². The molecular weight excluding hydrogens is 308 g/mol. The molecule has 0 bridgehead atoms. The zero-order valence-electron chi connectivity index (χ0n) is 11.0. The number of nitrogens with two attached hydrogens (primary N) is 2. The fourth-order valence-electron chi connectivity index (χ4n) is 1.65. The second kappa shape index (κ2) is 6.17. The average Bonchev–Trinajstić information content (AvgIpc) is 2.45. The number of thiocarbonyl (C=S) groups is 1. The zero-order valence-corrected chi connectivity index (χ0v) is 12.6. The van der Waals surface area contributed by atoms with Crippen molar-refractivity contribution in [1.29, 1.82) is 0 Å². The number of hydrogen-bond donors (Lipinski definition) is 3. The van der Waals surface area contributed by atoms with Gasteiger partial charge in [-0.2, -0.15) is 0 Å². The van der Waals surface area contributed by atoms with Crippen LogP contribution in [-0.4, -0.2) is 18.4 Å². The molecule has 0 radical (unpaired) electrons. The Morgan fingerprint density at radius 1 is 1.19 bits per heavy atom. The summed E-state index contributed by atoms with van der Waals surface area (Å²) in [5.74, 6) is 0. The first kappa shape index (κ1) is 15.4. The van der Waals surface area contributed by atoms with Crippen LogP contribution in [-0.2, 0) is 16.6 Å².